The minimum atomic E-state index is -1.21. The first-order chi connectivity index (χ1) is 7.42. The molecule has 2 atom stereocenters. The van der Waals surface area contributed by atoms with E-state index in [1.165, 1.54) is 6.92 Å². The third-order valence-electron chi connectivity index (χ3n) is 1.75. The second kappa shape index (κ2) is 6.75. The average Bonchev–Trinajstić information content (AvgIpc) is 2.24. The lowest BCUT2D eigenvalue weighted by molar-refractivity contribution is -0.141. The number of aliphatic carboxylic acids is 1. The summed E-state index contributed by atoms with van der Waals surface area (Å²) < 4.78 is 0. The summed E-state index contributed by atoms with van der Waals surface area (Å²) in [6.07, 6.45) is 0. The Labute approximate surface area is 91.8 Å². The molecule has 8 heteroatoms. The average molecular weight is 233 g/mol. The maximum Gasteiger partial charge on any atom is 0.325 e. The molecule has 0 radical (unpaired) electrons. The van der Waals surface area contributed by atoms with Crippen molar-refractivity contribution in [3.63, 3.8) is 0 Å². The zero-order chi connectivity index (χ0) is 12.7. The predicted octanol–water partition coefficient (Wildman–Crippen LogP) is -2.99. The molecule has 0 aliphatic heterocycles. The first-order valence-electron chi connectivity index (χ1n) is 4.55. The Morgan fingerprint density at radius 1 is 1.31 bits per heavy atom. The van der Waals surface area contributed by atoms with Crippen LogP contribution in [-0.4, -0.2) is 53.2 Å². The number of carboxylic acids is 1. The van der Waals surface area contributed by atoms with Gasteiger partial charge in [0.25, 0.3) is 0 Å². The van der Waals surface area contributed by atoms with Gasteiger partial charge in [-0.3, -0.25) is 14.4 Å². The molecule has 0 rings (SSSR count). The number of carbonyl (C=O) groups is 3. The largest absolute Gasteiger partial charge is 0.480 e. The number of hydrogen-bond donors (Lipinski definition) is 5. The molecule has 0 bridgehead atoms. The van der Waals surface area contributed by atoms with Crippen LogP contribution in [0.4, 0.5) is 0 Å². The molecule has 0 aromatic rings. The molecule has 92 valence electrons. The molecule has 0 aliphatic rings. The quantitative estimate of drug-likeness (QED) is 0.331. The number of nitrogens with two attached hydrogens (primary N) is 1. The minimum Gasteiger partial charge on any atom is -0.480 e. The third-order valence-corrected chi connectivity index (χ3v) is 1.75. The maximum absolute atomic E-state index is 11.4. The molecule has 0 heterocycles. The van der Waals surface area contributed by atoms with Crippen molar-refractivity contribution in [1.29, 1.82) is 0 Å². The van der Waals surface area contributed by atoms with Crippen LogP contribution < -0.4 is 16.4 Å². The van der Waals surface area contributed by atoms with Gasteiger partial charge in [0.1, 0.15) is 12.1 Å². The van der Waals surface area contributed by atoms with Crippen molar-refractivity contribution in [1.82, 2.24) is 10.6 Å². The van der Waals surface area contributed by atoms with E-state index < -0.39 is 36.5 Å². The molecule has 8 nitrogen and oxygen atoms in total. The molecule has 0 aliphatic carbocycles. The number of amides is 2. The Kier molecular flexibility index (Phi) is 6.04. The second-order valence-corrected chi connectivity index (χ2v) is 3.08. The summed E-state index contributed by atoms with van der Waals surface area (Å²) in [6.45, 7) is 0.307. The molecular formula is C8H15N3O5. The summed E-state index contributed by atoms with van der Waals surface area (Å²) in [6, 6.07) is -2.30. The molecule has 0 saturated heterocycles. The van der Waals surface area contributed by atoms with Gasteiger partial charge in [-0.05, 0) is 6.92 Å². The topological polar surface area (TPSA) is 142 Å². The molecule has 0 aromatic heterocycles. The smallest absolute Gasteiger partial charge is 0.325 e. The number of carbonyl (C=O) groups excluding carboxylic acids is 2. The summed E-state index contributed by atoms with van der Waals surface area (Å²) in [4.78, 5) is 32.7. The van der Waals surface area contributed by atoms with Crippen molar-refractivity contribution >= 4 is 17.8 Å². The van der Waals surface area contributed by atoms with Crippen LogP contribution in [0.25, 0.3) is 0 Å². The fourth-order valence-electron chi connectivity index (χ4n) is 0.823. The predicted molar refractivity (Wildman–Crippen MR) is 53.3 cm³/mol. The molecule has 0 aromatic carbocycles. The van der Waals surface area contributed by atoms with E-state index in [0.29, 0.717) is 0 Å². The van der Waals surface area contributed by atoms with Crippen LogP contribution in [0, 0.1) is 0 Å². The number of aliphatic hydroxyl groups is 1. The van der Waals surface area contributed by atoms with Gasteiger partial charge in [-0.15, -0.1) is 0 Å². The highest BCUT2D eigenvalue weighted by Gasteiger charge is 2.22. The highest BCUT2D eigenvalue weighted by atomic mass is 16.4. The van der Waals surface area contributed by atoms with Crippen LogP contribution in [0.15, 0.2) is 0 Å². The summed E-state index contributed by atoms with van der Waals surface area (Å²) in [5, 5.41) is 21.6. The molecule has 0 saturated carbocycles. The minimum absolute atomic E-state index is 0.321. The van der Waals surface area contributed by atoms with Crippen molar-refractivity contribution in [3.05, 3.63) is 0 Å². The zero-order valence-corrected chi connectivity index (χ0v) is 8.77. The lowest BCUT2D eigenvalue weighted by Gasteiger charge is -2.17. The number of nitrogens with one attached hydrogen (secondary N) is 2. The van der Waals surface area contributed by atoms with E-state index in [1.807, 2.05) is 0 Å². The van der Waals surface area contributed by atoms with E-state index in [0.717, 1.165) is 0 Å². The van der Waals surface area contributed by atoms with Crippen molar-refractivity contribution in [2.45, 2.75) is 19.0 Å². The third kappa shape index (κ3) is 4.71. The summed E-state index contributed by atoms with van der Waals surface area (Å²) in [7, 11) is 0. The highest BCUT2D eigenvalue weighted by molar-refractivity contribution is 5.90. The maximum atomic E-state index is 11.4. The molecule has 16 heavy (non-hydrogen) atoms. The standard InChI is InChI=1S/C8H15N3O5/c1-4(8(15)16)10-7(14)5(3-12)11-6(13)2-9/h4-5,12H,2-3,9H2,1H3,(H,10,14)(H,11,13)(H,15,16)/t4-,5+/m0/s1. The van der Waals surface area contributed by atoms with E-state index >= 15 is 0 Å². The first-order valence-corrected chi connectivity index (χ1v) is 4.55. The highest BCUT2D eigenvalue weighted by Crippen LogP contribution is 1.87. The summed E-state index contributed by atoms with van der Waals surface area (Å²) in [5.41, 5.74) is 5.01. The van der Waals surface area contributed by atoms with E-state index in [9.17, 15) is 14.4 Å². The van der Waals surface area contributed by atoms with Gasteiger partial charge in [0.2, 0.25) is 11.8 Å². The van der Waals surface area contributed by atoms with Crippen molar-refractivity contribution in [2.75, 3.05) is 13.2 Å². The van der Waals surface area contributed by atoms with Gasteiger partial charge in [-0.2, -0.15) is 0 Å². The van der Waals surface area contributed by atoms with Crippen LogP contribution >= 0.6 is 0 Å². The number of aliphatic hydroxyl groups excluding tert-OH is 1. The van der Waals surface area contributed by atoms with Crippen molar-refractivity contribution in [3.8, 4) is 0 Å². The summed E-state index contributed by atoms with van der Waals surface area (Å²) in [5.74, 6) is -2.61. The SMILES string of the molecule is C[C@H](NC(=O)[C@@H](CO)NC(=O)CN)C(=O)O. The number of hydrogen-bond acceptors (Lipinski definition) is 5. The normalized spacial score (nSPS) is 13.7. The van der Waals surface area contributed by atoms with Gasteiger partial charge in [-0.25, -0.2) is 0 Å². The summed E-state index contributed by atoms with van der Waals surface area (Å²) >= 11 is 0. The van der Waals surface area contributed by atoms with Gasteiger partial charge in [0, 0.05) is 0 Å². The second-order valence-electron chi connectivity index (χ2n) is 3.08. The Hall–Kier alpha value is -1.67. The van der Waals surface area contributed by atoms with Gasteiger partial charge in [0.05, 0.1) is 13.2 Å². The van der Waals surface area contributed by atoms with Gasteiger partial charge in [-0.1, -0.05) is 0 Å². The van der Waals surface area contributed by atoms with Crippen LogP contribution in [0.5, 0.6) is 0 Å². The lowest BCUT2D eigenvalue weighted by Crippen LogP contribution is -2.53. The molecule has 0 unspecified atom stereocenters. The van der Waals surface area contributed by atoms with Crippen molar-refractivity contribution < 1.29 is 24.6 Å². The van der Waals surface area contributed by atoms with Crippen LogP contribution in [0.3, 0.4) is 0 Å². The molecule has 0 fully saturated rings. The molecule has 6 N–H and O–H groups in total. The van der Waals surface area contributed by atoms with Gasteiger partial charge in [0.15, 0.2) is 0 Å². The first kappa shape index (κ1) is 14.3. The van der Waals surface area contributed by atoms with Crippen molar-refractivity contribution in [2.24, 2.45) is 5.73 Å². The van der Waals surface area contributed by atoms with Crippen LogP contribution in [0.2, 0.25) is 0 Å². The Balaban J connectivity index is 4.31. The Morgan fingerprint density at radius 3 is 2.25 bits per heavy atom. The molecule has 2 amide bonds. The monoisotopic (exact) mass is 233 g/mol. The Morgan fingerprint density at radius 2 is 1.88 bits per heavy atom. The zero-order valence-electron chi connectivity index (χ0n) is 8.77. The van der Waals surface area contributed by atoms with Crippen LogP contribution in [0.1, 0.15) is 6.92 Å². The number of rotatable bonds is 6. The molecule has 0 spiro atoms. The fraction of sp³-hybridized carbons (Fsp3) is 0.625. The fourth-order valence-corrected chi connectivity index (χ4v) is 0.823. The van der Waals surface area contributed by atoms with E-state index in [-0.39, 0.29) is 6.54 Å². The lowest BCUT2D eigenvalue weighted by atomic mass is 10.2. The van der Waals surface area contributed by atoms with E-state index in [2.05, 4.69) is 10.6 Å². The van der Waals surface area contributed by atoms with Gasteiger partial charge >= 0.3 is 5.97 Å². The Bertz CT molecular complexity index is 281. The number of carboxylic acid groups (broad SMARTS) is 1. The van der Waals surface area contributed by atoms with E-state index in [4.69, 9.17) is 15.9 Å². The van der Waals surface area contributed by atoms with Gasteiger partial charge < -0.3 is 26.6 Å². The van der Waals surface area contributed by atoms with Crippen LogP contribution in [-0.2, 0) is 14.4 Å². The van der Waals surface area contributed by atoms with E-state index in [1.54, 1.807) is 0 Å². The molecular weight excluding hydrogens is 218 g/mol.